The predicted octanol–water partition coefficient (Wildman–Crippen LogP) is 4.42. The summed E-state index contributed by atoms with van der Waals surface area (Å²) in [5.41, 5.74) is 4.02. The van der Waals surface area contributed by atoms with Gasteiger partial charge in [0.05, 0.1) is 25.5 Å². The quantitative estimate of drug-likeness (QED) is 0.395. The Hall–Kier alpha value is -3.89. The zero-order valence-electron chi connectivity index (χ0n) is 18.3. The second-order valence-electron chi connectivity index (χ2n) is 7.88. The summed E-state index contributed by atoms with van der Waals surface area (Å²) in [4.78, 5) is 12.9. The average Bonchev–Trinajstić information content (AvgIpc) is 3.49. The summed E-state index contributed by atoms with van der Waals surface area (Å²) < 4.78 is 54.1. The van der Waals surface area contributed by atoms with E-state index in [2.05, 4.69) is 20.1 Å². The first-order valence-corrected chi connectivity index (χ1v) is 10.5. The van der Waals surface area contributed by atoms with Gasteiger partial charge in [0.15, 0.2) is 12.3 Å². The van der Waals surface area contributed by atoms with Crippen molar-refractivity contribution in [2.75, 3.05) is 20.8 Å². The van der Waals surface area contributed by atoms with E-state index >= 15 is 0 Å². The van der Waals surface area contributed by atoms with Crippen molar-refractivity contribution in [3.63, 3.8) is 0 Å². The molecule has 34 heavy (non-hydrogen) atoms. The fourth-order valence-corrected chi connectivity index (χ4v) is 4.01. The molecule has 0 bridgehead atoms. The largest absolute Gasteiger partial charge is 0.484 e. The van der Waals surface area contributed by atoms with Crippen molar-refractivity contribution < 1.29 is 27.4 Å². The first-order chi connectivity index (χ1) is 16.4. The number of nitrogens with zero attached hydrogens (tertiary/aromatic N) is 5. The molecule has 11 heteroatoms. The molecule has 0 unspecified atom stereocenters. The molecule has 0 aliphatic heterocycles. The molecule has 5 rings (SSSR count). The van der Waals surface area contributed by atoms with Crippen LogP contribution in [-0.2, 0) is 0 Å². The highest BCUT2D eigenvalue weighted by Crippen LogP contribution is 2.56. The van der Waals surface area contributed by atoms with Gasteiger partial charge in [0.1, 0.15) is 5.75 Å². The number of ether oxygens (including phenoxy) is 3. The van der Waals surface area contributed by atoms with Gasteiger partial charge in [-0.05, 0) is 42.0 Å². The molecule has 1 fully saturated rings. The Bertz CT molecular complexity index is 1320. The zero-order valence-corrected chi connectivity index (χ0v) is 18.3. The monoisotopic (exact) mass is 471 g/mol. The van der Waals surface area contributed by atoms with Crippen molar-refractivity contribution in [3.8, 4) is 28.9 Å². The van der Waals surface area contributed by atoms with Crippen LogP contribution in [0.25, 0.3) is 16.9 Å². The Morgan fingerprint density at radius 2 is 1.85 bits per heavy atom. The van der Waals surface area contributed by atoms with Crippen molar-refractivity contribution in [1.29, 1.82) is 0 Å². The molecule has 3 aromatic heterocycles. The van der Waals surface area contributed by atoms with Gasteiger partial charge in [-0.25, -0.2) is 14.5 Å². The minimum Gasteiger partial charge on any atom is -0.484 e. The molecule has 1 aliphatic rings. The Morgan fingerprint density at radius 3 is 2.56 bits per heavy atom. The van der Waals surface area contributed by atoms with Crippen LogP contribution in [0.1, 0.15) is 29.4 Å². The number of hydrogen-bond acceptors (Lipinski definition) is 7. The molecule has 3 heterocycles. The van der Waals surface area contributed by atoms with Crippen LogP contribution in [-0.4, -0.2) is 51.6 Å². The van der Waals surface area contributed by atoms with Crippen molar-refractivity contribution in [2.45, 2.75) is 24.4 Å². The lowest BCUT2D eigenvalue weighted by atomic mass is 10.0. The normalized spacial score (nSPS) is 17.6. The van der Waals surface area contributed by atoms with Gasteiger partial charge in [-0.2, -0.15) is 23.3 Å². The van der Waals surface area contributed by atoms with Crippen molar-refractivity contribution in [2.24, 2.45) is 0 Å². The lowest BCUT2D eigenvalue weighted by molar-refractivity contribution is -0.153. The van der Waals surface area contributed by atoms with Gasteiger partial charge >= 0.3 is 12.2 Å². The molecule has 1 aromatic carbocycles. The Labute approximate surface area is 192 Å². The van der Waals surface area contributed by atoms with E-state index in [0.717, 1.165) is 23.2 Å². The molecule has 1 aliphatic carbocycles. The highest BCUT2D eigenvalue weighted by Gasteiger charge is 2.41. The van der Waals surface area contributed by atoms with Crippen LogP contribution in [0.2, 0.25) is 0 Å². The summed E-state index contributed by atoms with van der Waals surface area (Å²) in [6.45, 7) is -1.31. The van der Waals surface area contributed by atoms with E-state index in [1.165, 1.54) is 14.2 Å². The number of benzene rings is 1. The van der Waals surface area contributed by atoms with E-state index in [1.54, 1.807) is 35.2 Å². The Balaban J connectivity index is 1.43. The molecule has 8 nitrogen and oxygen atoms in total. The third kappa shape index (κ3) is 4.33. The molecule has 0 radical (unpaired) electrons. The molecule has 0 spiro atoms. The maximum Gasteiger partial charge on any atom is 0.422 e. The second kappa shape index (κ2) is 8.47. The van der Waals surface area contributed by atoms with E-state index in [1.807, 2.05) is 18.2 Å². The number of fused-ring (bicyclic) bond motifs is 1. The SMILES string of the molecule is COc1ncc(-c2cc([C@H]3C[C@@H]3c3ccc(OCC(F)(F)F)cc3)c3nccn3n2)c(OC)n1. The fourth-order valence-electron chi connectivity index (χ4n) is 4.01. The summed E-state index contributed by atoms with van der Waals surface area (Å²) in [6.07, 6.45) is 1.56. The smallest absolute Gasteiger partial charge is 0.422 e. The third-order valence-corrected chi connectivity index (χ3v) is 5.67. The molecule has 0 N–H and O–H groups in total. The summed E-state index contributed by atoms with van der Waals surface area (Å²) in [6, 6.07) is 8.90. The van der Waals surface area contributed by atoms with E-state index in [9.17, 15) is 13.2 Å². The van der Waals surface area contributed by atoms with Crippen LogP contribution in [0, 0.1) is 0 Å². The lowest BCUT2D eigenvalue weighted by Gasteiger charge is -2.11. The number of hydrogen-bond donors (Lipinski definition) is 0. The van der Waals surface area contributed by atoms with Crippen LogP contribution in [0.15, 0.2) is 48.9 Å². The molecule has 0 amide bonds. The van der Waals surface area contributed by atoms with Gasteiger partial charge in [-0.1, -0.05) is 12.1 Å². The van der Waals surface area contributed by atoms with Crippen molar-refractivity contribution in [3.05, 3.63) is 60.0 Å². The molecular weight excluding hydrogens is 451 g/mol. The standard InChI is InChI=1S/C23H20F3N5O3/c1-32-21-18(11-28-22(29-21)33-2)19-10-17(20-27-7-8-31(20)30-19)16-9-15(16)13-3-5-14(6-4-13)34-12-23(24,25)26/h3-8,10-11,15-16H,9,12H2,1-2H3/t15-,16+/m1/s1. The van der Waals surface area contributed by atoms with Crippen LogP contribution < -0.4 is 14.2 Å². The highest BCUT2D eigenvalue weighted by molar-refractivity contribution is 5.68. The third-order valence-electron chi connectivity index (χ3n) is 5.67. The van der Waals surface area contributed by atoms with Gasteiger partial charge in [-0.15, -0.1) is 0 Å². The summed E-state index contributed by atoms with van der Waals surface area (Å²) in [7, 11) is 2.99. The molecule has 0 saturated heterocycles. The molecule has 1 saturated carbocycles. The highest BCUT2D eigenvalue weighted by atomic mass is 19.4. The first-order valence-electron chi connectivity index (χ1n) is 10.5. The van der Waals surface area contributed by atoms with Crippen molar-refractivity contribution in [1.82, 2.24) is 24.6 Å². The fraction of sp³-hybridized carbons (Fsp3) is 0.304. The van der Waals surface area contributed by atoms with Gasteiger partial charge in [0.2, 0.25) is 5.88 Å². The maximum atomic E-state index is 12.4. The number of imidazole rings is 1. The van der Waals surface area contributed by atoms with Crippen LogP contribution in [0.5, 0.6) is 17.6 Å². The van der Waals surface area contributed by atoms with Gasteiger partial charge < -0.3 is 14.2 Å². The minimum absolute atomic E-state index is 0.179. The first kappa shape index (κ1) is 21.9. The summed E-state index contributed by atoms with van der Waals surface area (Å²) in [5.74, 6) is 0.915. The Morgan fingerprint density at radius 1 is 1.06 bits per heavy atom. The molecule has 176 valence electrons. The van der Waals surface area contributed by atoms with Gasteiger partial charge in [0, 0.05) is 24.2 Å². The van der Waals surface area contributed by atoms with Crippen LogP contribution in [0.4, 0.5) is 13.2 Å². The Kier molecular flexibility index (Phi) is 5.46. The maximum absolute atomic E-state index is 12.4. The topological polar surface area (TPSA) is 83.7 Å². The van der Waals surface area contributed by atoms with Gasteiger partial charge in [0.25, 0.3) is 0 Å². The number of halogens is 3. The van der Waals surface area contributed by atoms with Crippen LogP contribution in [0.3, 0.4) is 0 Å². The minimum atomic E-state index is -4.37. The molecule has 2 atom stereocenters. The van der Waals surface area contributed by atoms with Crippen LogP contribution >= 0.6 is 0 Å². The summed E-state index contributed by atoms with van der Waals surface area (Å²) >= 11 is 0. The van der Waals surface area contributed by atoms with E-state index < -0.39 is 12.8 Å². The number of rotatable bonds is 7. The van der Waals surface area contributed by atoms with Gasteiger partial charge in [-0.3, -0.25) is 0 Å². The van der Waals surface area contributed by atoms with E-state index in [-0.39, 0.29) is 23.6 Å². The number of methoxy groups -OCH3 is 2. The molecular formula is C23H20F3N5O3. The van der Waals surface area contributed by atoms with E-state index in [0.29, 0.717) is 17.1 Å². The zero-order chi connectivity index (χ0) is 23.9. The second-order valence-corrected chi connectivity index (χ2v) is 7.88. The van der Waals surface area contributed by atoms with Crippen molar-refractivity contribution >= 4 is 5.65 Å². The average molecular weight is 471 g/mol. The predicted molar refractivity (Wildman–Crippen MR) is 115 cm³/mol. The van der Waals surface area contributed by atoms with E-state index in [4.69, 9.17) is 14.2 Å². The number of alkyl halides is 3. The molecule has 4 aromatic rings. The lowest BCUT2D eigenvalue weighted by Crippen LogP contribution is -2.19. The summed E-state index contributed by atoms with van der Waals surface area (Å²) in [5, 5.41) is 4.63. The number of aromatic nitrogens is 5.